The van der Waals surface area contributed by atoms with Gasteiger partial charge in [0.15, 0.2) is 10.4 Å². The summed E-state index contributed by atoms with van der Waals surface area (Å²) in [7, 11) is 1.57. The van der Waals surface area contributed by atoms with Crippen LogP contribution in [0, 0.1) is 11.7 Å². The van der Waals surface area contributed by atoms with Crippen molar-refractivity contribution >= 4 is 23.4 Å². The fourth-order valence-electron chi connectivity index (χ4n) is 2.02. The van der Waals surface area contributed by atoms with E-state index in [1.807, 2.05) is 29.8 Å². The maximum absolute atomic E-state index is 5.35. The quantitative estimate of drug-likeness (QED) is 0.748. The molecule has 3 aromatic rings. The molecule has 3 heterocycles. The molecule has 7 heteroatoms. The zero-order valence-electron chi connectivity index (χ0n) is 11.1. The minimum absolute atomic E-state index is 0.488. The van der Waals surface area contributed by atoms with Crippen molar-refractivity contribution in [1.29, 1.82) is 0 Å². The molecule has 20 heavy (non-hydrogen) atoms. The van der Waals surface area contributed by atoms with Crippen LogP contribution in [0.3, 0.4) is 0 Å². The molecular weight excluding hydrogens is 274 g/mol. The number of pyridine rings is 1. The molecule has 0 bridgehead atoms. The third kappa shape index (κ3) is 2.16. The molecule has 0 aliphatic heterocycles. The molecule has 0 unspecified atom stereocenters. The molecule has 0 fully saturated rings. The van der Waals surface area contributed by atoms with Gasteiger partial charge in [-0.3, -0.25) is 9.55 Å². The van der Waals surface area contributed by atoms with E-state index in [1.54, 1.807) is 7.11 Å². The van der Waals surface area contributed by atoms with Crippen molar-refractivity contribution in [3.63, 3.8) is 0 Å². The molecule has 0 saturated carbocycles. The molecule has 0 radical (unpaired) electrons. The van der Waals surface area contributed by atoms with Gasteiger partial charge in [0.25, 0.3) is 0 Å². The van der Waals surface area contributed by atoms with Crippen LogP contribution in [-0.2, 0) is 6.54 Å². The summed E-state index contributed by atoms with van der Waals surface area (Å²) in [5, 5.41) is 0. The van der Waals surface area contributed by atoms with Crippen LogP contribution in [0.15, 0.2) is 24.7 Å². The van der Waals surface area contributed by atoms with Crippen LogP contribution in [0.5, 0.6) is 5.88 Å². The van der Waals surface area contributed by atoms with Crippen molar-refractivity contribution in [2.75, 3.05) is 7.11 Å². The Balaban J connectivity index is 2.10. The first kappa shape index (κ1) is 12.7. The average molecular weight is 287 g/mol. The highest BCUT2D eigenvalue weighted by Gasteiger charge is 2.11. The summed E-state index contributed by atoms with van der Waals surface area (Å²) in [6.45, 7) is 2.56. The van der Waals surface area contributed by atoms with Crippen LogP contribution in [0.25, 0.3) is 11.2 Å². The highest BCUT2D eigenvalue weighted by atomic mass is 32.1. The van der Waals surface area contributed by atoms with Crippen molar-refractivity contribution < 1.29 is 4.74 Å². The van der Waals surface area contributed by atoms with E-state index in [9.17, 15) is 0 Å². The predicted molar refractivity (Wildman–Crippen MR) is 77.3 cm³/mol. The Bertz CT molecular complexity index is 806. The largest absolute Gasteiger partial charge is 0.479 e. The molecule has 0 saturated heterocycles. The fraction of sp³-hybridized carbons (Fsp3) is 0.231. The highest BCUT2D eigenvalue weighted by molar-refractivity contribution is 7.71. The average Bonchev–Trinajstić information content (AvgIpc) is 2.77. The van der Waals surface area contributed by atoms with Crippen LogP contribution < -0.4 is 4.74 Å². The van der Waals surface area contributed by atoms with E-state index in [2.05, 4.69) is 19.9 Å². The van der Waals surface area contributed by atoms with Crippen molar-refractivity contribution in [3.8, 4) is 5.88 Å². The number of hydrogen-bond acceptors (Lipinski definition) is 5. The number of ether oxygens (including phenoxy) is 1. The Kier molecular flexibility index (Phi) is 3.19. The second kappa shape index (κ2) is 5.01. The number of nitrogens with one attached hydrogen (secondary N) is 1. The number of fused-ring (bicyclic) bond motifs is 1. The van der Waals surface area contributed by atoms with E-state index in [-0.39, 0.29) is 0 Å². The fourth-order valence-corrected chi connectivity index (χ4v) is 2.27. The third-order valence-corrected chi connectivity index (χ3v) is 3.35. The van der Waals surface area contributed by atoms with Crippen molar-refractivity contribution in [1.82, 2.24) is 24.5 Å². The van der Waals surface area contributed by atoms with Gasteiger partial charge in [-0.2, -0.15) is 4.98 Å². The normalized spacial score (nSPS) is 10.9. The van der Waals surface area contributed by atoms with Gasteiger partial charge < -0.3 is 9.72 Å². The monoisotopic (exact) mass is 287 g/mol. The first-order chi connectivity index (χ1) is 9.69. The van der Waals surface area contributed by atoms with E-state index < -0.39 is 0 Å². The minimum atomic E-state index is 0.488. The number of aromatic amines is 1. The van der Waals surface area contributed by atoms with E-state index in [0.29, 0.717) is 22.7 Å². The van der Waals surface area contributed by atoms with Crippen LogP contribution in [-0.4, -0.2) is 31.6 Å². The number of hydrogen-bond donors (Lipinski definition) is 1. The Morgan fingerprint density at radius 1 is 1.30 bits per heavy atom. The maximum Gasteiger partial charge on any atom is 0.242 e. The lowest BCUT2D eigenvalue weighted by Crippen LogP contribution is -2.02. The van der Waals surface area contributed by atoms with E-state index >= 15 is 0 Å². The van der Waals surface area contributed by atoms with E-state index in [0.717, 1.165) is 16.9 Å². The number of aromatic nitrogens is 5. The molecule has 0 aliphatic carbocycles. The molecule has 0 atom stereocenters. The number of aryl methyl sites for hydroxylation is 1. The Morgan fingerprint density at radius 3 is 2.85 bits per heavy atom. The number of nitrogens with zero attached hydrogens (tertiary/aromatic N) is 4. The molecule has 0 aromatic carbocycles. The second-order valence-electron chi connectivity index (χ2n) is 4.41. The Morgan fingerprint density at radius 2 is 2.15 bits per heavy atom. The number of methoxy groups -OCH3 is 1. The van der Waals surface area contributed by atoms with Crippen LogP contribution in [0.2, 0.25) is 0 Å². The van der Waals surface area contributed by atoms with Crippen LogP contribution >= 0.6 is 12.2 Å². The Labute approximate surface area is 120 Å². The smallest absolute Gasteiger partial charge is 0.242 e. The van der Waals surface area contributed by atoms with E-state index in [1.165, 1.54) is 6.33 Å². The number of rotatable bonds is 3. The van der Waals surface area contributed by atoms with Gasteiger partial charge in [-0.15, -0.1) is 0 Å². The van der Waals surface area contributed by atoms with Gasteiger partial charge in [0.2, 0.25) is 5.88 Å². The SMILES string of the molecule is COc1ncnc2c1[nH]c(=S)n2Cc1ccc(C)nc1. The highest BCUT2D eigenvalue weighted by Crippen LogP contribution is 2.20. The van der Waals surface area contributed by atoms with Gasteiger partial charge in [-0.05, 0) is 30.8 Å². The molecule has 3 rings (SSSR count). The first-order valence-electron chi connectivity index (χ1n) is 6.08. The van der Waals surface area contributed by atoms with Crippen molar-refractivity contribution in [2.24, 2.45) is 0 Å². The summed E-state index contributed by atoms with van der Waals surface area (Å²) in [5.74, 6) is 0.488. The summed E-state index contributed by atoms with van der Waals surface area (Å²) >= 11 is 5.35. The molecule has 0 spiro atoms. The molecule has 1 N–H and O–H groups in total. The molecule has 0 aliphatic rings. The summed E-state index contributed by atoms with van der Waals surface area (Å²) in [4.78, 5) is 15.7. The van der Waals surface area contributed by atoms with Crippen LogP contribution in [0.4, 0.5) is 0 Å². The summed E-state index contributed by atoms with van der Waals surface area (Å²) in [6, 6.07) is 4.00. The molecular formula is C13H13N5OS. The second-order valence-corrected chi connectivity index (χ2v) is 4.79. The topological polar surface area (TPSA) is 68.6 Å². The lowest BCUT2D eigenvalue weighted by molar-refractivity contribution is 0.401. The van der Waals surface area contributed by atoms with Gasteiger partial charge in [-0.1, -0.05) is 6.07 Å². The summed E-state index contributed by atoms with van der Waals surface area (Å²) < 4.78 is 7.69. The van der Waals surface area contributed by atoms with Crippen molar-refractivity contribution in [2.45, 2.75) is 13.5 Å². The maximum atomic E-state index is 5.35. The third-order valence-electron chi connectivity index (χ3n) is 3.03. The lowest BCUT2D eigenvalue weighted by Gasteiger charge is -2.04. The molecule has 3 aromatic heterocycles. The predicted octanol–water partition coefficient (Wildman–Crippen LogP) is 2.25. The van der Waals surface area contributed by atoms with Crippen LogP contribution in [0.1, 0.15) is 11.3 Å². The molecule has 6 nitrogen and oxygen atoms in total. The summed E-state index contributed by atoms with van der Waals surface area (Å²) in [5.41, 5.74) is 3.48. The van der Waals surface area contributed by atoms with Gasteiger partial charge in [0, 0.05) is 11.9 Å². The molecule has 0 amide bonds. The first-order valence-corrected chi connectivity index (χ1v) is 6.49. The van der Waals surface area contributed by atoms with Gasteiger partial charge in [0.1, 0.15) is 11.8 Å². The van der Waals surface area contributed by atoms with Gasteiger partial charge in [0.05, 0.1) is 13.7 Å². The lowest BCUT2D eigenvalue weighted by atomic mass is 10.2. The standard InChI is InChI=1S/C13H13N5OS/c1-8-3-4-9(5-14-8)6-18-11-10(17-13(18)20)12(19-2)16-7-15-11/h3-5,7H,6H2,1-2H3,(H,17,20). The zero-order valence-corrected chi connectivity index (χ0v) is 11.9. The molecule has 102 valence electrons. The Hall–Kier alpha value is -2.28. The summed E-state index contributed by atoms with van der Waals surface area (Å²) in [6.07, 6.45) is 3.31. The number of imidazole rings is 1. The van der Waals surface area contributed by atoms with Gasteiger partial charge >= 0.3 is 0 Å². The zero-order chi connectivity index (χ0) is 14.1. The van der Waals surface area contributed by atoms with Gasteiger partial charge in [-0.25, -0.2) is 4.98 Å². The van der Waals surface area contributed by atoms with E-state index in [4.69, 9.17) is 17.0 Å². The number of H-pyrrole nitrogens is 1. The minimum Gasteiger partial charge on any atom is -0.479 e. The van der Waals surface area contributed by atoms with Crippen molar-refractivity contribution in [3.05, 3.63) is 40.7 Å².